The molecule has 2 aromatic rings. The SMILES string of the molecule is CCCCCN1c2ccccc2C(C)(C)C12C=Cc1ccccc1O2. The monoisotopic (exact) mass is 333 g/mol. The predicted molar refractivity (Wildman–Crippen MR) is 105 cm³/mol. The second kappa shape index (κ2) is 5.94. The summed E-state index contributed by atoms with van der Waals surface area (Å²) in [7, 11) is 0. The lowest BCUT2D eigenvalue weighted by Gasteiger charge is -2.47. The van der Waals surface area contributed by atoms with Crippen LogP contribution in [0.2, 0.25) is 0 Å². The van der Waals surface area contributed by atoms with Crippen LogP contribution in [0, 0.1) is 0 Å². The standard InChI is InChI=1S/C23H27NO/c1-4-5-10-17-24-20-13-8-7-12-19(20)22(2,3)23(24)16-15-18-11-6-9-14-21(18)25-23/h6-9,11-16H,4-5,10,17H2,1-3H3. The third kappa shape index (κ3) is 2.31. The molecule has 25 heavy (non-hydrogen) atoms. The van der Waals surface area contributed by atoms with E-state index in [1.807, 2.05) is 0 Å². The fourth-order valence-electron chi connectivity index (χ4n) is 4.35. The van der Waals surface area contributed by atoms with Crippen molar-refractivity contribution in [1.82, 2.24) is 0 Å². The van der Waals surface area contributed by atoms with Crippen molar-refractivity contribution in [3.63, 3.8) is 0 Å². The van der Waals surface area contributed by atoms with Crippen LogP contribution in [-0.2, 0) is 5.41 Å². The van der Waals surface area contributed by atoms with Crippen molar-refractivity contribution in [2.45, 2.75) is 51.2 Å². The number of fused-ring (bicyclic) bond motifs is 2. The second-order valence-corrected chi connectivity index (χ2v) is 7.67. The van der Waals surface area contributed by atoms with Crippen LogP contribution in [0.5, 0.6) is 5.75 Å². The summed E-state index contributed by atoms with van der Waals surface area (Å²) in [5.74, 6) is 0.978. The van der Waals surface area contributed by atoms with E-state index in [0.29, 0.717) is 0 Å². The molecule has 2 heteroatoms. The van der Waals surface area contributed by atoms with Crippen molar-refractivity contribution >= 4 is 11.8 Å². The van der Waals surface area contributed by atoms with E-state index < -0.39 is 5.72 Å². The smallest absolute Gasteiger partial charge is 0.212 e. The Hall–Kier alpha value is -2.22. The Balaban J connectivity index is 1.82. The Bertz CT molecular complexity index is 807. The maximum absolute atomic E-state index is 6.76. The lowest BCUT2D eigenvalue weighted by atomic mass is 9.76. The number of benzene rings is 2. The lowest BCUT2D eigenvalue weighted by molar-refractivity contribution is 0.0532. The minimum Gasteiger partial charge on any atom is -0.463 e. The van der Waals surface area contributed by atoms with Gasteiger partial charge in [-0.3, -0.25) is 0 Å². The minimum absolute atomic E-state index is 0.125. The van der Waals surface area contributed by atoms with Crippen LogP contribution in [0.3, 0.4) is 0 Å². The Morgan fingerprint density at radius 3 is 2.56 bits per heavy atom. The molecule has 0 fully saturated rings. The number of hydrogen-bond donors (Lipinski definition) is 0. The number of ether oxygens (including phenoxy) is 1. The fourth-order valence-corrected chi connectivity index (χ4v) is 4.35. The van der Waals surface area contributed by atoms with Crippen LogP contribution in [0.1, 0.15) is 51.2 Å². The molecule has 2 nitrogen and oxygen atoms in total. The third-order valence-electron chi connectivity index (χ3n) is 5.82. The van der Waals surface area contributed by atoms with Gasteiger partial charge < -0.3 is 9.64 Å². The zero-order valence-corrected chi connectivity index (χ0v) is 15.5. The Labute approximate surface area is 151 Å². The Morgan fingerprint density at radius 1 is 0.960 bits per heavy atom. The van der Waals surface area contributed by atoms with E-state index in [0.717, 1.165) is 17.9 Å². The molecule has 1 spiro atoms. The van der Waals surface area contributed by atoms with Crippen LogP contribution in [0.15, 0.2) is 54.6 Å². The molecule has 0 saturated carbocycles. The summed E-state index contributed by atoms with van der Waals surface area (Å²) in [6, 6.07) is 17.1. The number of nitrogens with zero attached hydrogens (tertiary/aromatic N) is 1. The molecule has 0 radical (unpaired) electrons. The van der Waals surface area contributed by atoms with Crippen LogP contribution < -0.4 is 9.64 Å². The molecular weight excluding hydrogens is 306 g/mol. The zero-order valence-electron chi connectivity index (χ0n) is 15.5. The first-order valence-corrected chi connectivity index (χ1v) is 9.44. The summed E-state index contributed by atoms with van der Waals surface area (Å²) < 4.78 is 6.76. The van der Waals surface area contributed by atoms with Gasteiger partial charge in [0.25, 0.3) is 0 Å². The molecule has 0 aliphatic carbocycles. The lowest BCUT2D eigenvalue weighted by Crippen LogP contribution is -2.59. The molecule has 0 saturated heterocycles. The average Bonchev–Trinajstić information content (AvgIpc) is 2.81. The van der Waals surface area contributed by atoms with E-state index in [9.17, 15) is 0 Å². The van der Waals surface area contributed by atoms with Gasteiger partial charge in [0.1, 0.15) is 5.75 Å². The highest BCUT2D eigenvalue weighted by molar-refractivity contribution is 5.72. The largest absolute Gasteiger partial charge is 0.463 e. The molecule has 2 aliphatic rings. The summed E-state index contributed by atoms with van der Waals surface area (Å²) in [5.41, 5.74) is 3.26. The van der Waals surface area contributed by atoms with Crippen LogP contribution in [0.4, 0.5) is 5.69 Å². The molecule has 2 heterocycles. The van der Waals surface area contributed by atoms with Gasteiger partial charge in [-0.2, -0.15) is 0 Å². The van der Waals surface area contributed by atoms with E-state index in [4.69, 9.17) is 4.74 Å². The normalized spacial score (nSPS) is 22.6. The molecule has 0 bridgehead atoms. The Morgan fingerprint density at radius 2 is 1.72 bits per heavy atom. The van der Waals surface area contributed by atoms with E-state index in [1.165, 1.54) is 30.5 Å². The maximum Gasteiger partial charge on any atom is 0.212 e. The second-order valence-electron chi connectivity index (χ2n) is 7.67. The molecule has 0 amide bonds. The van der Waals surface area contributed by atoms with Crippen LogP contribution in [0.25, 0.3) is 6.08 Å². The molecule has 1 atom stereocenters. The average molecular weight is 333 g/mol. The molecular formula is C23H27NO. The zero-order chi connectivity index (χ0) is 17.5. The van der Waals surface area contributed by atoms with Crippen LogP contribution >= 0.6 is 0 Å². The summed E-state index contributed by atoms with van der Waals surface area (Å²) in [6.45, 7) is 7.89. The summed E-state index contributed by atoms with van der Waals surface area (Å²) in [6.07, 6.45) is 8.17. The van der Waals surface area contributed by atoms with Crippen molar-refractivity contribution in [3.05, 3.63) is 65.7 Å². The maximum atomic E-state index is 6.76. The molecule has 0 N–H and O–H groups in total. The van der Waals surface area contributed by atoms with Crippen molar-refractivity contribution in [2.24, 2.45) is 0 Å². The first kappa shape index (κ1) is 16.3. The molecule has 4 rings (SSSR count). The first-order chi connectivity index (χ1) is 12.1. The number of anilines is 1. The number of rotatable bonds is 4. The van der Waals surface area contributed by atoms with Crippen molar-refractivity contribution < 1.29 is 4.74 Å². The summed E-state index contributed by atoms with van der Waals surface area (Å²) in [4.78, 5) is 2.49. The van der Waals surface area contributed by atoms with Gasteiger partial charge in [0.05, 0.1) is 5.41 Å². The highest BCUT2D eigenvalue weighted by Crippen LogP contribution is 2.54. The van der Waals surface area contributed by atoms with E-state index >= 15 is 0 Å². The van der Waals surface area contributed by atoms with Gasteiger partial charge in [-0.25, -0.2) is 0 Å². The van der Waals surface area contributed by atoms with E-state index in [2.05, 4.69) is 86.4 Å². The number of unbranched alkanes of at least 4 members (excludes halogenated alkanes) is 2. The topological polar surface area (TPSA) is 12.5 Å². The van der Waals surface area contributed by atoms with Crippen molar-refractivity contribution in [1.29, 1.82) is 0 Å². The molecule has 130 valence electrons. The third-order valence-corrected chi connectivity index (χ3v) is 5.82. The molecule has 2 aromatic carbocycles. The van der Waals surface area contributed by atoms with Crippen molar-refractivity contribution in [3.8, 4) is 5.75 Å². The first-order valence-electron chi connectivity index (χ1n) is 9.44. The van der Waals surface area contributed by atoms with Gasteiger partial charge in [-0.15, -0.1) is 0 Å². The minimum atomic E-state index is -0.460. The number of hydrogen-bond acceptors (Lipinski definition) is 2. The van der Waals surface area contributed by atoms with E-state index in [1.54, 1.807) is 0 Å². The van der Waals surface area contributed by atoms with E-state index in [-0.39, 0.29) is 5.41 Å². The predicted octanol–water partition coefficient (Wildman–Crippen LogP) is 5.78. The van der Waals surface area contributed by atoms with Gasteiger partial charge in [-0.1, -0.05) is 56.2 Å². The van der Waals surface area contributed by atoms with Gasteiger partial charge in [0.2, 0.25) is 5.72 Å². The Kier molecular flexibility index (Phi) is 3.87. The summed E-state index contributed by atoms with van der Waals surface area (Å²) >= 11 is 0. The molecule has 0 aromatic heterocycles. The van der Waals surface area contributed by atoms with Gasteiger partial charge in [-0.05, 0) is 50.1 Å². The van der Waals surface area contributed by atoms with Gasteiger partial charge in [0, 0.05) is 17.8 Å². The van der Waals surface area contributed by atoms with Gasteiger partial charge in [0.15, 0.2) is 0 Å². The van der Waals surface area contributed by atoms with Crippen molar-refractivity contribution in [2.75, 3.05) is 11.4 Å². The number of para-hydroxylation sites is 2. The highest BCUT2D eigenvalue weighted by atomic mass is 16.5. The highest BCUT2D eigenvalue weighted by Gasteiger charge is 2.58. The fraction of sp³-hybridized carbons (Fsp3) is 0.391. The van der Waals surface area contributed by atoms with Crippen LogP contribution in [-0.4, -0.2) is 12.3 Å². The summed E-state index contributed by atoms with van der Waals surface area (Å²) in [5, 5.41) is 0. The molecule has 2 aliphatic heterocycles. The van der Waals surface area contributed by atoms with Gasteiger partial charge >= 0.3 is 0 Å². The molecule has 1 unspecified atom stereocenters. The quantitative estimate of drug-likeness (QED) is 0.658.